The highest BCUT2D eigenvalue weighted by atomic mass is 15.3. The quantitative estimate of drug-likeness (QED) is 0.211. The van der Waals surface area contributed by atoms with Crippen molar-refractivity contribution in [1.82, 2.24) is 10.7 Å². The first-order valence-corrected chi connectivity index (χ1v) is 5.85. The highest BCUT2D eigenvalue weighted by Crippen LogP contribution is 2.51. The fourth-order valence-corrected chi connectivity index (χ4v) is 1.63. The maximum absolute atomic E-state index is 5.39. The number of rotatable bonds is 5. The van der Waals surface area contributed by atoms with E-state index in [4.69, 9.17) is 5.84 Å². The van der Waals surface area contributed by atoms with Crippen LogP contribution in [0.15, 0.2) is 4.99 Å². The van der Waals surface area contributed by atoms with Crippen molar-refractivity contribution in [3.8, 4) is 0 Å². The van der Waals surface area contributed by atoms with Crippen LogP contribution in [0.4, 0.5) is 0 Å². The molecular formula is C11H24N4. The van der Waals surface area contributed by atoms with Crippen LogP contribution >= 0.6 is 0 Å². The molecule has 0 bridgehead atoms. The van der Waals surface area contributed by atoms with Gasteiger partial charge in [0.2, 0.25) is 5.96 Å². The van der Waals surface area contributed by atoms with E-state index in [0.717, 1.165) is 31.4 Å². The minimum atomic E-state index is 0.493. The summed E-state index contributed by atoms with van der Waals surface area (Å²) in [6.45, 7) is 8.56. The number of hydrogen-bond acceptors (Lipinski definition) is 2. The maximum atomic E-state index is 5.39. The normalized spacial score (nSPS) is 23.7. The van der Waals surface area contributed by atoms with Gasteiger partial charge in [-0.25, -0.2) is 5.84 Å². The van der Waals surface area contributed by atoms with E-state index >= 15 is 0 Å². The summed E-state index contributed by atoms with van der Waals surface area (Å²) in [5, 5.41) is 3.19. The molecule has 1 atom stereocenters. The lowest BCUT2D eigenvalue weighted by Gasteiger charge is -2.08. The van der Waals surface area contributed by atoms with Gasteiger partial charge in [0.05, 0.1) is 0 Å². The van der Waals surface area contributed by atoms with Crippen LogP contribution in [0.5, 0.6) is 0 Å². The molecule has 0 spiro atoms. The molecule has 1 saturated carbocycles. The zero-order valence-electron chi connectivity index (χ0n) is 10.1. The number of guanidine groups is 1. The monoisotopic (exact) mass is 212 g/mol. The van der Waals surface area contributed by atoms with Crippen LogP contribution < -0.4 is 16.6 Å². The molecule has 15 heavy (non-hydrogen) atoms. The molecule has 1 fully saturated rings. The Morgan fingerprint density at radius 1 is 1.53 bits per heavy atom. The molecule has 0 saturated heterocycles. The SMILES string of the molecule is CCCCNC(=NCC1CC1(C)C)NN. The first-order chi connectivity index (χ1) is 7.10. The molecule has 1 rings (SSSR count). The standard InChI is InChI=1S/C11H24N4/c1-4-5-6-13-10(15-12)14-8-9-7-11(9,2)3/h9H,4-8,12H2,1-3H3,(H2,13,14,15). The molecule has 4 nitrogen and oxygen atoms in total. The second-order valence-corrected chi connectivity index (χ2v) is 5.00. The van der Waals surface area contributed by atoms with Gasteiger partial charge in [-0.2, -0.15) is 0 Å². The van der Waals surface area contributed by atoms with Gasteiger partial charge in [-0.05, 0) is 24.2 Å². The predicted molar refractivity (Wildman–Crippen MR) is 64.4 cm³/mol. The maximum Gasteiger partial charge on any atom is 0.205 e. The molecule has 4 N–H and O–H groups in total. The van der Waals surface area contributed by atoms with E-state index in [1.54, 1.807) is 0 Å². The van der Waals surface area contributed by atoms with Crippen molar-refractivity contribution in [3.63, 3.8) is 0 Å². The van der Waals surface area contributed by atoms with Crippen molar-refractivity contribution in [1.29, 1.82) is 0 Å². The highest BCUT2D eigenvalue weighted by Gasteiger charge is 2.45. The number of nitrogens with one attached hydrogen (secondary N) is 2. The molecule has 1 aliphatic rings. The minimum Gasteiger partial charge on any atom is -0.355 e. The Hall–Kier alpha value is -0.770. The third-order valence-corrected chi connectivity index (χ3v) is 3.15. The van der Waals surface area contributed by atoms with Crippen molar-refractivity contribution in [2.45, 2.75) is 40.0 Å². The fraction of sp³-hybridized carbons (Fsp3) is 0.909. The van der Waals surface area contributed by atoms with Crippen molar-refractivity contribution in [3.05, 3.63) is 0 Å². The third-order valence-electron chi connectivity index (χ3n) is 3.15. The lowest BCUT2D eigenvalue weighted by Crippen LogP contribution is -2.42. The van der Waals surface area contributed by atoms with Gasteiger partial charge in [0, 0.05) is 13.1 Å². The molecule has 0 amide bonds. The van der Waals surface area contributed by atoms with E-state index in [2.05, 4.69) is 36.5 Å². The lowest BCUT2D eigenvalue weighted by molar-refractivity contribution is 0.564. The minimum absolute atomic E-state index is 0.493. The zero-order chi connectivity index (χ0) is 11.3. The summed E-state index contributed by atoms with van der Waals surface area (Å²) in [5.74, 6) is 6.84. The van der Waals surface area contributed by atoms with Crippen molar-refractivity contribution in [2.75, 3.05) is 13.1 Å². The average Bonchev–Trinajstić information content (AvgIpc) is 2.80. The van der Waals surface area contributed by atoms with Gasteiger partial charge in [-0.1, -0.05) is 27.2 Å². The average molecular weight is 212 g/mol. The van der Waals surface area contributed by atoms with Gasteiger partial charge in [-0.3, -0.25) is 10.4 Å². The van der Waals surface area contributed by atoms with Crippen LogP contribution in [0.2, 0.25) is 0 Å². The molecule has 4 heteroatoms. The van der Waals surface area contributed by atoms with Crippen molar-refractivity contribution in [2.24, 2.45) is 22.2 Å². The summed E-state index contributed by atoms with van der Waals surface area (Å²) < 4.78 is 0. The van der Waals surface area contributed by atoms with Crippen LogP contribution in [-0.2, 0) is 0 Å². The van der Waals surface area contributed by atoms with Crippen LogP contribution in [0.25, 0.3) is 0 Å². The Labute approximate surface area is 92.7 Å². The van der Waals surface area contributed by atoms with Gasteiger partial charge < -0.3 is 5.32 Å². The summed E-state index contributed by atoms with van der Waals surface area (Å²) in [7, 11) is 0. The summed E-state index contributed by atoms with van der Waals surface area (Å²) >= 11 is 0. The van der Waals surface area contributed by atoms with Crippen LogP contribution in [0.1, 0.15) is 40.0 Å². The molecule has 0 heterocycles. The van der Waals surface area contributed by atoms with E-state index in [0.29, 0.717) is 5.41 Å². The molecule has 0 radical (unpaired) electrons. The molecule has 1 aliphatic carbocycles. The Morgan fingerprint density at radius 2 is 2.20 bits per heavy atom. The van der Waals surface area contributed by atoms with Crippen molar-refractivity contribution < 1.29 is 0 Å². The van der Waals surface area contributed by atoms with Gasteiger partial charge in [-0.15, -0.1) is 0 Å². The Balaban J connectivity index is 2.22. The van der Waals surface area contributed by atoms with Gasteiger partial charge in [0.1, 0.15) is 0 Å². The molecule has 0 aromatic rings. The molecule has 0 aliphatic heterocycles. The van der Waals surface area contributed by atoms with E-state index < -0.39 is 0 Å². The number of hydrazine groups is 1. The molecule has 88 valence electrons. The number of hydrogen-bond donors (Lipinski definition) is 3. The first kappa shape index (κ1) is 12.3. The van der Waals surface area contributed by atoms with Gasteiger partial charge >= 0.3 is 0 Å². The number of nitrogens with zero attached hydrogens (tertiary/aromatic N) is 1. The second-order valence-electron chi connectivity index (χ2n) is 5.00. The Morgan fingerprint density at radius 3 is 2.67 bits per heavy atom. The van der Waals surface area contributed by atoms with E-state index in [9.17, 15) is 0 Å². The van der Waals surface area contributed by atoms with Crippen LogP contribution in [0, 0.1) is 11.3 Å². The predicted octanol–water partition coefficient (Wildman–Crippen LogP) is 1.24. The highest BCUT2D eigenvalue weighted by molar-refractivity contribution is 5.79. The summed E-state index contributed by atoms with van der Waals surface area (Å²) in [5.41, 5.74) is 3.10. The van der Waals surface area contributed by atoms with E-state index in [1.807, 2.05) is 0 Å². The molecule has 1 unspecified atom stereocenters. The topological polar surface area (TPSA) is 62.4 Å². The van der Waals surface area contributed by atoms with E-state index in [-0.39, 0.29) is 0 Å². The zero-order valence-corrected chi connectivity index (χ0v) is 10.1. The smallest absolute Gasteiger partial charge is 0.205 e. The fourth-order valence-electron chi connectivity index (χ4n) is 1.63. The number of nitrogens with two attached hydrogens (primary N) is 1. The van der Waals surface area contributed by atoms with Crippen molar-refractivity contribution >= 4 is 5.96 Å². The lowest BCUT2D eigenvalue weighted by atomic mass is 10.1. The molecule has 0 aromatic carbocycles. The number of aliphatic imine (C=N–C) groups is 1. The Kier molecular flexibility index (Phi) is 4.39. The summed E-state index contributed by atoms with van der Waals surface area (Å²) in [6.07, 6.45) is 3.61. The van der Waals surface area contributed by atoms with Gasteiger partial charge in [0.25, 0.3) is 0 Å². The summed E-state index contributed by atoms with van der Waals surface area (Å²) in [4.78, 5) is 4.44. The van der Waals surface area contributed by atoms with Crippen LogP contribution in [-0.4, -0.2) is 19.0 Å². The van der Waals surface area contributed by atoms with Crippen LogP contribution in [0.3, 0.4) is 0 Å². The second kappa shape index (κ2) is 5.35. The first-order valence-electron chi connectivity index (χ1n) is 5.85. The molecule has 0 aromatic heterocycles. The molecular weight excluding hydrogens is 188 g/mol. The largest absolute Gasteiger partial charge is 0.355 e. The summed E-state index contributed by atoms with van der Waals surface area (Å²) in [6, 6.07) is 0. The van der Waals surface area contributed by atoms with Gasteiger partial charge in [0.15, 0.2) is 0 Å². The number of unbranched alkanes of at least 4 members (excludes halogenated alkanes) is 1. The third kappa shape index (κ3) is 4.08. The Bertz CT molecular complexity index is 223. The van der Waals surface area contributed by atoms with E-state index in [1.165, 1.54) is 12.8 Å².